The number of nitrogens with zero attached hydrogens (tertiary/aromatic N) is 1. The fourth-order valence-electron chi connectivity index (χ4n) is 2.48. The van der Waals surface area contributed by atoms with E-state index in [4.69, 9.17) is 0 Å². The normalized spacial score (nSPS) is 22.4. The van der Waals surface area contributed by atoms with Gasteiger partial charge in [0.25, 0.3) is 0 Å². The Hall–Kier alpha value is -0.790. The lowest BCUT2D eigenvalue weighted by atomic mass is 10.3. The van der Waals surface area contributed by atoms with Crippen LogP contribution in [0.1, 0.15) is 32.6 Å². The number of pyridine rings is 1. The van der Waals surface area contributed by atoms with Gasteiger partial charge < -0.3 is 5.32 Å². The molecule has 21 heavy (non-hydrogen) atoms. The van der Waals surface area contributed by atoms with E-state index in [1.807, 2.05) is 11.8 Å². The number of rotatable bonds is 7. The summed E-state index contributed by atoms with van der Waals surface area (Å²) >= 11 is 1.81. The van der Waals surface area contributed by atoms with Crippen molar-refractivity contribution in [3.63, 3.8) is 0 Å². The van der Waals surface area contributed by atoms with Crippen LogP contribution >= 0.6 is 11.8 Å². The Labute approximate surface area is 131 Å². The van der Waals surface area contributed by atoms with Crippen molar-refractivity contribution in [2.24, 2.45) is 0 Å². The van der Waals surface area contributed by atoms with Crippen molar-refractivity contribution < 1.29 is 8.42 Å². The van der Waals surface area contributed by atoms with Crippen LogP contribution < -0.4 is 10.0 Å². The van der Waals surface area contributed by atoms with Crippen LogP contribution in [0.4, 0.5) is 5.82 Å². The van der Waals surface area contributed by atoms with E-state index in [0.29, 0.717) is 11.1 Å². The highest BCUT2D eigenvalue weighted by Crippen LogP contribution is 2.29. The molecule has 1 aromatic rings. The van der Waals surface area contributed by atoms with Crippen LogP contribution in [0.15, 0.2) is 23.2 Å². The molecule has 0 amide bonds. The molecule has 5 nitrogen and oxygen atoms in total. The summed E-state index contributed by atoms with van der Waals surface area (Å²) in [5.41, 5.74) is 0. The lowest BCUT2D eigenvalue weighted by molar-refractivity contribution is 0.552. The van der Waals surface area contributed by atoms with Crippen LogP contribution in [0.5, 0.6) is 0 Å². The van der Waals surface area contributed by atoms with Gasteiger partial charge in [0.2, 0.25) is 10.0 Å². The average molecular weight is 329 g/mol. The van der Waals surface area contributed by atoms with Crippen LogP contribution in [0, 0.1) is 0 Å². The molecule has 1 aromatic heterocycles. The molecule has 7 heteroatoms. The summed E-state index contributed by atoms with van der Waals surface area (Å²) in [4.78, 5) is 4.42. The van der Waals surface area contributed by atoms with Gasteiger partial charge in [-0.15, -0.1) is 0 Å². The Morgan fingerprint density at radius 1 is 1.43 bits per heavy atom. The molecule has 2 N–H and O–H groups in total. The van der Waals surface area contributed by atoms with Gasteiger partial charge in [0.15, 0.2) is 0 Å². The van der Waals surface area contributed by atoms with Crippen LogP contribution in [0.25, 0.3) is 0 Å². The van der Waals surface area contributed by atoms with E-state index in [1.54, 1.807) is 12.1 Å². The van der Waals surface area contributed by atoms with Crippen LogP contribution in [-0.4, -0.2) is 37.5 Å². The maximum atomic E-state index is 12.4. The molecule has 2 rings (SSSR count). The van der Waals surface area contributed by atoms with Crippen molar-refractivity contribution in [2.45, 2.75) is 48.8 Å². The van der Waals surface area contributed by atoms with Crippen molar-refractivity contribution in [3.05, 3.63) is 18.3 Å². The number of sulfonamides is 1. The van der Waals surface area contributed by atoms with Crippen molar-refractivity contribution in [1.29, 1.82) is 0 Å². The summed E-state index contributed by atoms with van der Waals surface area (Å²) in [7, 11) is -3.46. The van der Waals surface area contributed by atoms with Crippen LogP contribution in [-0.2, 0) is 10.0 Å². The van der Waals surface area contributed by atoms with E-state index < -0.39 is 10.0 Å². The molecule has 1 aliphatic rings. The minimum atomic E-state index is -3.46. The Kier molecular flexibility index (Phi) is 5.89. The van der Waals surface area contributed by atoms with Gasteiger partial charge in [-0.2, -0.15) is 11.8 Å². The third-order valence-corrected chi connectivity index (χ3v) is 6.25. The van der Waals surface area contributed by atoms with Crippen molar-refractivity contribution >= 4 is 27.6 Å². The van der Waals surface area contributed by atoms with E-state index >= 15 is 0 Å². The zero-order chi connectivity index (χ0) is 15.3. The van der Waals surface area contributed by atoms with E-state index in [1.165, 1.54) is 6.20 Å². The van der Waals surface area contributed by atoms with E-state index in [-0.39, 0.29) is 10.9 Å². The molecule has 2 atom stereocenters. The van der Waals surface area contributed by atoms with E-state index in [0.717, 1.165) is 32.2 Å². The number of hydrogen-bond acceptors (Lipinski definition) is 5. The molecule has 0 aliphatic heterocycles. The summed E-state index contributed by atoms with van der Waals surface area (Å²) in [6.07, 6.45) is 7.48. The molecule has 0 saturated heterocycles. The second-order valence-electron chi connectivity index (χ2n) is 5.29. The highest BCUT2D eigenvalue weighted by Gasteiger charge is 2.28. The molecule has 0 aromatic carbocycles. The summed E-state index contributed by atoms with van der Waals surface area (Å²) in [6.45, 7) is 2.83. The highest BCUT2D eigenvalue weighted by molar-refractivity contribution is 7.99. The van der Waals surface area contributed by atoms with Gasteiger partial charge in [0.05, 0.1) is 4.90 Å². The monoisotopic (exact) mass is 329 g/mol. The molecule has 1 saturated carbocycles. The third kappa shape index (κ3) is 4.59. The molecule has 1 aliphatic carbocycles. The average Bonchev–Trinajstić information content (AvgIpc) is 2.92. The molecule has 0 bridgehead atoms. The third-order valence-electron chi connectivity index (χ3n) is 3.64. The minimum absolute atomic E-state index is 0.0488. The van der Waals surface area contributed by atoms with Gasteiger partial charge in [-0.05, 0) is 38.0 Å². The number of hydrogen-bond donors (Lipinski definition) is 2. The summed E-state index contributed by atoms with van der Waals surface area (Å²) < 4.78 is 27.7. The first-order valence-electron chi connectivity index (χ1n) is 7.30. The zero-order valence-electron chi connectivity index (χ0n) is 12.5. The maximum absolute atomic E-state index is 12.4. The molecule has 1 heterocycles. The first-order valence-corrected chi connectivity index (χ1v) is 10.1. The van der Waals surface area contributed by atoms with Gasteiger partial charge >= 0.3 is 0 Å². The largest absolute Gasteiger partial charge is 0.370 e. The molecular formula is C14H23N3O2S2. The predicted octanol–water partition coefficient (Wildman–Crippen LogP) is 2.47. The van der Waals surface area contributed by atoms with Gasteiger partial charge in [-0.3, -0.25) is 0 Å². The van der Waals surface area contributed by atoms with Crippen LogP contribution in [0.3, 0.4) is 0 Å². The highest BCUT2D eigenvalue weighted by atomic mass is 32.2. The SMILES string of the molecule is CCCNc1cc(S(=O)(=O)NC2CCC(SC)C2)ccn1. The lowest BCUT2D eigenvalue weighted by Gasteiger charge is -2.14. The summed E-state index contributed by atoms with van der Waals surface area (Å²) in [5, 5.41) is 3.68. The predicted molar refractivity (Wildman–Crippen MR) is 88.3 cm³/mol. The number of aromatic nitrogens is 1. The van der Waals surface area contributed by atoms with Crippen molar-refractivity contribution in [2.75, 3.05) is 18.1 Å². The summed E-state index contributed by atoms with van der Waals surface area (Å²) in [6, 6.07) is 3.19. The summed E-state index contributed by atoms with van der Waals surface area (Å²) in [5.74, 6) is 0.605. The number of anilines is 1. The van der Waals surface area contributed by atoms with Crippen LogP contribution in [0.2, 0.25) is 0 Å². The molecule has 2 unspecified atom stereocenters. The second-order valence-corrected chi connectivity index (χ2v) is 8.14. The Morgan fingerprint density at radius 3 is 2.90 bits per heavy atom. The standard InChI is InChI=1S/C14H23N3O2S2/c1-3-7-15-14-10-13(6-8-16-14)21(18,19)17-11-4-5-12(9-11)20-2/h6,8,10-12,17H,3-5,7,9H2,1-2H3,(H,15,16). The number of nitrogens with one attached hydrogen (secondary N) is 2. The second kappa shape index (κ2) is 7.47. The Bertz CT molecular complexity index is 563. The van der Waals surface area contributed by atoms with Gasteiger partial charge in [0.1, 0.15) is 5.82 Å². The lowest BCUT2D eigenvalue weighted by Crippen LogP contribution is -2.33. The maximum Gasteiger partial charge on any atom is 0.241 e. The first kappa shape index (κ1) is 16.6. The molecule has 0 spiro atoms. The smallest absolute Gasteiger partial charge is 0.241 e. The quantitative estimate of drug-likeness (QED) is 0.804. The molecular weight excluding hydrogens is 306 g/mol. The Balaban J connectivity index is 2.05. The Morgan fingerprint density at radius 2 is 2.24 bits per heavy atom. The topological polar surface area (TPSA) is 71.1 Å². The first-order chi connectivity index (χ1) is 10.0. The van der Waals surface area contributed by atoms with Gasteiger partial charge in [-0.1, -0.05) is 6.92 Å². The van der Waals surface area contributed by atoms with Crippen molar-refractivity contribution in [3.8, 4) is 0 Å². The fraction of sp³-hybridized carbons (Fsp3) is 0.643. The minimum Gasteiger partial charge on any atom is -0.370 e. The zero-order valence-corrected chi connectivity index (χ0v) is 14.1. The molecule has 1 fully saturated rings. The molecule has 0 radical (unpaired) electrons. The fourth-order valence-corrected chi connectivity index (χ4v) is 4.57. The van der Waals surface area contributed by atoms with Gasteiger partial charge in [0, 0.05) is 30.1 Å². The molecule has 118 valence electrons. The van der Waals surface area contributed by atoms with E-state index in [9.17, 15) is 8.42 Å². The van der Waals surface area contributed by atoms with Gasteiger partial charge in [-0.25, -0.2) is 18.1 Å². The van der Waals surface area contributed by atoms with E-state index in [2.05, 4.69) is 28.2 Å². The van der Waals surface area contributed by atoms with Crippen molar-refractivity contribution in [1.82, 2.24) is 9.71 Å². The number of thioether (sulfide) groups is 1.